The molecule has 1 saturated heterocycles. The standard InChI is InChI=1S/C16H21N3O2/c1-3-8-18-13-5-4-9-19(16(13)20)14-7-6-12(11-17)10-15(14)21-2/h6-7,10,13,18H,3-5,8-9H2,1-2H3. The first kappa shape index (κ1) is 15.3. The Bertz CT molecular complexity index is 551. The fourth-order valence-corrected chi connectivity index (χ4v) is 2.59. The molecule has 1 N–H and O–H groups in total. The first-order chi connectivity index (χ1) is 10.2. The summed E-state index contributed by atoms with van der Waals surface area (Å²) in [4.78, 5) is 14.4. The molecular formula is C16H21N3O2. The molecule has 0 radical (unpaired) electrons. The highest BCUT2D eigenvalue weighted by Gasteiger charge is 2.30. The molecule has 0 aromatic heterocycles. The molecule has 1 atom stereocenters. The number of anilines is 1. The van der Waals surface area contributed by atoms with Crippen molar-refractivity contribution < 1.29 is 9.53 Å². The lowest BCUT2D eigenvalue weighted by Gasteiger charge is -2.33. The Balaban J connectivity index is 2.24. The van der Waals surface area contributed by atoms with Gasteiger partial charge in [-0.3, -0.25) is 4.79 Å². The maximum Gasteiger partial charge on any atom is 0.244 e. The Hall–Kier alpha value is -2.06. The van der Waals surface area contributed by atoms with Crippen LogP contribution in [0, 0.1) is 11.3 Å². The normalized spacial score (nSPS) is 18.4. The molecule has 0 spiro atoms. The molecule has 1 unspecified atom stereocenters. The van der Waals surface area contributed by atoms with Crippen LogP contribution in [0.3, 0.4) is 0 Å². The van der Waals surface area contributed by atoms with Crippen molar-refractivity contribution in [3.05, 3.63) is 23.8 Å². The zero-order valence-corrected chi connectivity index (χ0v) is 12.6. The van der Waals surface area contributed by atoms with Crippen molar-refractivity contribution in [1.82, 2.24) is 5.32 Å². The number of carbonyl (C=O) groups excluding carboxylic acids is 1. The maximum absolute atomic E-state index is 12.6. The fraction of sp³-hybridized carbons (Fsp3) is 0.500. The predicted molar refractivity (Wildman–Crippen MR) is 81.4 cm³/mol. The third kappa shape index (κ3) is 3.34. The van der Waals surface area contributed by atoms with Gasteiger partial charge in [-0.15, -0.1) is 0 Å². The molecule has 112 valence electrons. The van der Waals surface area contributed by atoms with Crippen molar-refractivity contribution in [2.24, 2.45) is 0 Å². The highest BCUT2D eigenvalue weighted by atomic mass is 16.5. The third-order valence-electron chi connectivity index (χ3n) is 3.68. The van der Waals surface area contributed by atoms with Gasteiger partial charge in [0.05, 0.1) is 30.5 Å². The molecular weight excluding hydrogens is 266 g/mol. The summed E-state index contributed by atoms with van der Waals surface area (Å²) in [6, 6.07) is 7.14. The van der Waals surface area contributed by atoms with Crippen LogP contribution in [0.5, 0.6) is 5.75 Å². The molecule has 0 bridgehead atoms. The summed E-state index contributed by atoms with van der Waals surface area (Å²) in [6.45, 7) is 3.61. The largest absolute Gasteiger partial charge is 0.495 e. The zero-order chi connectivity index (χ0) is 15.2. The Labute approximate surface area is 125 Å². The second-order valence-corrected chi connectivity index (χ2v) is 5.14. The Morgan fingerprint density at radius 1 is 1.52 bits per heavy atom. The lowest BCUT2D eigenvalue weighted by Crippen LogP contribution is -2.51. The molecule has 1 heterocycles. The molecule has 5 heteroatoms. The number of nitrogens with zero attached hydrogens (tertiary/aromatic N) is 2. The van der Waals surface area contributed by atoms with Crippen LogP contribution < -0.4 is 15.0 Å². The summed E-state index contributed by atoms with van der Waals surface area (Å²) in [5, 5.41) is 12.3. The van der Waals surface area contributed by atoms with Gasteiger partial charge in [-0.25, -0.2) is 0 Å². The number of amides is 1. The molecule has 5 nitrogen and oxygen atoms in total. The predicted octanol–water partition coefficient (Wildman–Crippen LogP) is 2.06. The zero-order valence-electron chi connectivity index (χ0n) is 12.6. The summed E-state index contributed by atoms with van der Waals surface area (Å²) in [7, 11) is 1.56. The van der Waals surface area contributed by atoms with Crippen molar-refractivity contribution in [2.75, 3.05) is 25.1 Å². The second kappa shape index (κ2) is 7.09. The van der Waals surface area contributed by atoms with Gasteiger partial charge < -0.3 is 15.0 Å². The minimum Gasteiger partial charge on any atom is -0.495 e. The van der Waals surface area contributed by atoms with Gasteiger partial charge in [-0.05, 0) is 37.9 Å². The van der Waals surface area contributed by atoms with Crippen LogP contribution in [-0.4, -0.2) is 32.1 Å². The van der Waals surface area contributed by atoms with Crippen LogP contribution >= 0.6 is 0 Å². The summed E-state index contributed by atoms with van der Waals surface area (Å²) >= 11 is 0. The Kier molecular flexibility index (Phi) is 5.18. The van der Waals surface area contributed by atoms with E-state index in [0.717, 1.165) is 31.5 Å². The second-order valence-electron chi connectivity index (χ2n) is 5.14. The van der Waals surface area contributed by atoms with Crippen molar-refractivity contribution in [3.63, 3.8) is 0 Å². The number of benzene rings is 1. The smallest absolute Gasteiger partial charge is 0.244 e. The van der Waals surface area contributed by atoms with Crippen molar-refractivity contribution in [3.8, 4) is 11.8 Å². The van der Waals surface area contributed by atoms with E-state index in [-0.39, 0.29) is 11.9 Å². The average molecular weight is 287 g/mol. The number of nitriles is 1. The van der Waals surface area contributed by atoms with E-state index < -0.39 is 0 Å². The number of methoxy groups -OCH3 is 1. The summed E-state index contributed by atoms with van der Waals surface area (Å²) in [5.74, 6) is 0.649. The van der Waals surface area contributed by atoms with Crippen LogP contribution in [0.4, 0.5) is 5.69 Å². The van der Waals surface area contributed by atoms with E-state index in [1.807, 2.05) is 0 Å². The first-order valence-electron chi connectivity index (χ1n) is 7.34. The fourth-order valence-electron chi connectivity index (χ4n) is 2.59. The van der Waals surface area contributed by atoms with Crippen LogP contribution in [0.15, 0.2) is 18.2 Å². The number of hydrogen-bond acceptors (Lipinski definition) is 4. The van der Waals surface area contributed by atoms with Gasteiger partial charge in [0.25, 0.3) is 0 Å². The summed E-state index contributed by atoms with van der Waals surface area (Å²) < 4.78 is 5.34. The lowest BCUT2D eigenvalue weighted by atomic mass is 10.0. The van der Waals surface area contributed by atoms with Gasteiger partial charge >= 0.3 is 0 Å². The minimum absolute atomic E-state index is 0.0812. The van der Waals surface area contributed by atoms with Crippen molar-refractivity contribution in [1.29, 1.82) is 5.26 Å². The van der Waals surface area contributed by atoms with E-state index in [9.17, 15) is 4.79 Å². The van der Waals surface area contributed by atoms with Crippen LogP contribution in [0.2, 0.25) is 0 Å². The number of nitrogens with one attached hydrogen (secondary N) is 1. The quantitative estimate of drug-likeness (QED) is 0.900. The van der Waals surface area contributed by atoms with E-state index in [1.165, 1.54) is 0 Å². The van der Waals surface area contributed by atoms with Gasteiger partial charge in [0.1, 0.15) is 5.75 Å². The van der Waals surface area contributed by atoms with E-state index >= 15 is 0 Å². The average Bonchev–Trinajstić information content (AvgIpc) is 2.53. The summed E-state index contributed by atoms with van der Waals surface area (Å²) in [5.41, 5.74) is 1.27. The van der Waals surface area contributed by atoms with Crippen molar-refractivity contribution in [2.45, 2.75) is 32.2 Å². The van der Waals surface area contributed by atoms with Gasteiger partial charge in [0.15, 0.2) is 0 Å². The van der Waals surface area contributed by atoms with Gasteiger partial charge in [0.2, 0.25) is 5.91 Å². The first-order valence-corrected chi connectivity index (χ1v) is 7.34. The van der Waals surface area contributed by atoms with Crippen LogP contribution in [-0.2, 0) is 4.79 Å². The van der Waals surface area contributed by atoms with E-state index in [0.29, 0.717) is 17.9 Å². The molecule has 1 fully saturated rings. The Morgan fingerprint density at radius 2 is 2.33 bits per heavy atom. The molecule has 1 aliphatic rings. The Morgan fingerprint density at radius 3 is 3.00 bits per heavy atom. The molecule has 1 aliphatic heterocycles. The van der Waals surface area contributed by atoms with Crippen LogP contribution in [0.25, 0.3) is 0 Å². The maximum atomic E-state index is 12.6. The monoisotopic (exact) mass is 287 g/mol. The van der Waals surface area contributed by atoms with E-state index in [4.69, 9.17) is 10.00 Å². The van der Waals surface area contributed by atoms with Crippen LogP contribution in [0.1, 0.15) is 31.7 Å². The molecule has 1 aromatic carbocycles. The number of hydrogen-bond donors (Lipinski definition) is 1. The van der Waals surface area contributed by atoms with E-state index in [2.05, 4.69) is 18.3 Å². The molecule has 1 aromatic rings. The third-order valence-corrected chi connectivity index (χ3v) is 3.68. The molecule has 0 saturated carbocycles. The highest BCUT2D eigenvalue weighted by Crippen LogP contribution is 2.31. The lowest BCUT2D eigenvalue weighted by molar-refractivity contribution is -0.121. The van der Waals surface area contributed by atoms with Gasteiger partial charge in [-0.1, -0.05) is 6.92 Å². The van der Waals surface area contributed by atoms with E-state index in [1.54, 1.807) is 30.2 Å². The van der Waals surface area contributed by atoms with Gasteiger partial charge in [0, 0.05) is 12.6 Å². The van der Waals surface area contributed by atoms with Gasteiger partial charge in [-0.2, -0.15) is 5.26 Å². The molecule has 1 amide bonds. The minimum atomic E-state index is -0.126. The topological polar surface area (TPSA) is 65.4 Å². The summed E-state index contributed by atoms with van der Waals surface area (Å²) in [6.07, 6.45) is 2.83. The number of piperidine rings is 1. The SMILES string of the molecule is CCCNC1CCCN(c2ccc(C#N)cc2OC)C1=O. The molecule has 0 aliphatic carbocycles. The number of carbonyl (C=O) groups is 1. The molecule has 2 rings (SSSR count). The molecule has 21 heavy (non-hydrogen) atoms. The highest BCUT2D eigenvalue weighted by molar-refractivity contribution is 5.99. The number of ether oxygens (including phenoxy) is 1. The van der Waals surface area contributed by atoms with Crippen molar-refractivity contribution >= 4 is 11.6 Å². The number of rotatable bonds is 5.